The van der Waals surface area contributed by atoms with Crippen LogP contribution in [0.25, 0.3) is 11.6 Å². The first-order chi connectivity index (χ1) is 9.68. The molecule has 0 N–H and O–H groups in total. The molecule has 6 heteroatoms. The molecule has 0 amide bonds. The second-order valence-corrected chi connectivity index (χ2v) is 5.17. The number of methoxy groups -OCH3 is 1. The molecular formula is C14H16N4O2. The highest BCUT2D eigenvalue weighted by molar-refractivity contribution is 5.52. The largest absolute Gasteiger partial charge is 0.370 e. The zero-order valence-electron chi connectivity index (χ0n) is 11.6. The van der Waals surface area contributed by atoms with E-state index < -0.39 is 5.60 Å². The Balaban J connectivity index is 1.98. The maximum Gasteiger partial charge on any atom is 0.274 e. The van der Waals surface area contributed by atoms with E-state index in [9.17, 15) is 0 Å². The number of nitrogens with zero attached hydrogens (tertiary/aromatic N) is 4. The Morgan fingerprint density at radius 3 is 2.80 bits per heavy atom. The van der Waals surface area contributed by atoms with Crippen molar-refractivity contribution in [3.63, 3.8) is 0 Å². The predicted molar refractivity (Wildman–Crippen MR) is 70.6 cm³/mol. The van der Waals surface area contributed by atoms with Crippen molar-refractivity contribution < 1.29 is 9.26 Å². The summed E-state index contributed by atoms with van der Waals surface area (Å²) in [4.78, 5) is 4.48. The standard InChI is InChI=1S/C14H16N4O2/c1-18-9-10(8-15)7-11(18)12-16-13(17-20-12)14(19-2)5-3-4-6-14/h7,9H,3-6H2,1-2H3. The molecule has 0 atom stereocenters. The van der Waals surface area contributed by atoms with Gasteiger partial charge in [-0.1, -0.05) is 5.16 Å². The summed E-state index contributed by atoms with van der Waals surface area (Å²) >= 11 is 0. The van der Waals surface area contributed by atoms with E-state index in [0.717, 1.165) is 31.4 Å². The first-order valence-corrected chi connectivity index (χ1v) is 6.65. The van der Waals surface area contributed by atoms with Crippen molar-refractivity contribution in [3.05, 3.63) is 23.7 Å². The highest BCUT2D eigenvalue weighted by atomic mass is 16.5. The lowest BCUT2D eigenvalue weighted by atomic mass is 10.0. The first-order valence-electron chi connectivity index (χ1n) is 6.65. The summed E-state index contributed by atoms with van der Waals surface area (Å²) in [6, 6.07) is 3.84. The van der Waals surface area contributed by atoms with Crippen molar-refractivity contribution >= 4 is 0 Å². The van der Waals surface area contributed by atoms with Crippen molar-refractivity contribution in [2.45, 2.75) is 31.3 Å². The molecule has 0 aromatic carbocycles. The molecule has 0 spiro atoms. The van der Waals surface area contributed by atoms with Gasteiger partial charge in [-0.15, -0.1) is 0 Å². The van der Waals surface area contributed by atoms with Gasteiger partial charge in [0.25, 0.3) is 5.89 Å². The van der Waals surface area contributed by atoms with Gasteiger partial charge in [0.15, 0.2) is 0 Å². The average Bonchev–Trinajstić information content (AvgIpc) is 3.17. The van der Waals surface area contributed by atoms with Gasteiger partial charge in [-0.3, -0.25) is 0 Å². The van der Waals surface area contributed by atoms with Gasteiger partial charge in [0.1, 0.15) is 17.4 Å². The van der Waals surface area contributed by atoms with Crippen LogP contribution in [0.1, 0.15) is 37.1 Å². The number of aryl methyl sites for hydroxylation is 1. The molecular weight excluding hydrogens is 256 g/mol. The lowest BCUT2D eigenvalue weighted by Gasteiger charge is -2.22. The van der Waals surface area contributed by atoms with Gasteiger partial charge in [-0.25, -0.2) is 0 Å². The zero-order chi connectivity index (χ0) is 14.2. The molecule has 1 aliphatic carbocycles. The number of hydrogen-bond donors (Lipinski definition) is 0. The van der Waals surface area contributed by atoms with Crippen LogP contribution < -0.4 is 0 Å². The lowest BCUT2D eigenvalue weighted by Crippen LogP contribution is -2.25. The molecule has 0 saturated heterocycles. The van der Waals surface area contributed by atoms with E-state index in [1.165, 1.54) is 0 Å². The van der Waals surface area contributed by atoms with Gasteiger partial charge in [-0.05, 0) is 31.7 Å². The molecule has 1 fully saturated rings. The number of ether oxygens (including phenoxy) is 1. The molecule has 20 heavy (non-hydrogen) atoms. The fourth-order valence-electron chi connectivity index (χ4n) is 2.82. The molecule has 0 radical (unpaired) electrons. The quantitative estimate of drug-likeness (QED) is 0.857. The Labute approximate surface area is 117 Å². The summed E-state index contributed by atoms with van der Waals surface area (Å²) in [5, 5.41) is 13.0. The maximum atomic E-state index is 8.93. The third kappa shape index (κ3) is 1.91. The van der Waals surface area contributed by atoms with Crippen LogP contribution in [-0.2, 0) is 17.4 Å². The summed E-state index contributed by atoms with van der Waals surface area (Å²) in [7, 11) is 3.54. The van der Waals surface area contributed by atoms with E-state index in [4.69, 9.17) is 14.5 Å². The van der Waals surface area contributed by atoms with E-state index >= 15 is 0 Å². The Bertz CT molecular complexity index is 659. The lowest BCUT2D eigenvalue weighted by molar-refractivity contribution is -0.0178. The zero-order valence-corrected chi connectivity index (χ0v) is 11.6. The molecule has 2 aromatic rings. The van der Waals surface area contributed by atoms with Crippen LogP contribution in [0, 0.1) is 11.3 Å². The van der Waals surface area contributed by atoms with Gasteiger partial charge in [0, 0.05) is 20.4 Å². The Morgan fingerprint density at radius 2 is 2.20 bits per heavy atom. The molecule has 3 rings (SSSR count). The molecule has 6 nitrogen and oxygen atoms in total. The van der Waals surface area contributed by atoms with E-state index in [2.05, 4.69) is 16.2 Å². The number of nitriles is 1. The monoisotopic (exact) mass is 272 g/mol. The second kappa shape index (κ2) is 4.76. The third-order valence-electron chi connectivity index (χ3n) is 3.99. The molecule has 0 unspecified atom stereocenters. The Kier molecular flexibility index (Phi) is 3.07. The van der Waals surface area contributed by atoms with Crippen molar-refractivity contribution in [2.75, 3.05) is 7.11 Å². The number of hydrogen-bond acceptors (Lipinski definition) is 5. The van der Waals surface area contributed by atoms with Crippen molar-refractivity contribution in [3.8, 4) is 17.7 Å². The minimum absolute atomic E-state index is 0.412. The number of aromatic nitrogens is 3. The van der Waals surface area contributed by atoms with Crippen LogP contribution in [0.3, 0.4) is 0 Å². The Morgan fingerprint density at radius 1 is 1.45 bits per heavy atom. The smallest absolute Gasteiger partial charge is 0.274 e. The van der Waals surface area contributed by atoms with E-state index in [1.54, 1.807) is 19.4 Å². The molecule has 1 aliphatic rings. The summed E-state index contributed by atoms with van der Waals surface area (Å²) in [5.74, 6) is 1.03. The highest BCUT2D eigenvalue weighted by Gasteiger charge is 2.40. The molecule has 0 aliphatic heterocycles. The maximum absolute atomic E-state index is 8.93. The Hall–Kier alpha value is -2.13. The van der Waals surface area contributed by atoms with Crippen LogP contribution in [0.2, 0.25) is 0 Å². The molecule has 2 heterocycles. The average molecular weight is 272 g/mol. The number of rotatable bonds is 3. The van der Waals surface area contributed by atoms with E-state index in [-0.39, 0.29) is 0 Å². The van der Waals surface area contributed by atoms with Crippen LogP contribution in [0.4, 0.5) is 0 Å². The molecule has 2 aromatic heterocycles. The van der Waals surface area contributed by atoms with Gasteiger partial charge in [-0.2, -0.15) is 10.2 Å². The van der Waals surface area contributed by atoms with Crippen molar-refractivity contribution in [2.24, 2.45) is 7.05 Å². The van der Waals surface area contributed by atoms with Crippen LogP contribution in [0.15, 0.2) is 16.8 Å². The van der Waals surface area contributed by atoms with Gasteiger partial charge in [0.2, 0.25) is 5.82 Å². The topological polar surface area (TPSA) is 76.9 Å². The van der Waals surface area contributed by atoms with Crippen LogP contribution in [-0.4, -0.2) is 21.8 Å². The van der Waals surface area contributed by atoms with Gasteiger partial charge >= 0.3 is 0 Å². The summed E-state index contributed by atoms with van der Waals surface area (Å²) in [6.45, 7) is 0. The minimum Gasteiger partial charge on any atom is -0.370 e. The molecule has 1 saturated carbocycles. The summed E-state index contributed by atoms with van der Waals surface area (Å²) in [5.41, 5.74) is 0.902. The summed E-state index contributed by atoms with van der Waals surface area (Å²) < 4.78 is 12.8. The van der Waals surface area contributed by atoms with Crippen LogP contribution in [0.5, 0.6) is 0 Å². The van der Waals surface area contributed by atoms with E-state index in [0.29, 0.717) is 17.3 Å². The van der Waals surface area contributed by atoms with Crippen molar-refractivity contribution in [1.82, 2.24) is 14.7 Å². The van der Waals surface area contributed by atoms with Gasteiger partial charge < -0.3 is 13.8 Å². The van der Waals surface area contributed by atoms with E-state index in [1.807, 2.05) is 11.6 Å². The van der Waals surface area contributed by atoms with Gasteiger partial charge in [0.05, 0.1) is 5.56 Å². The fraction of sp³-hybridized carbons (Fsp3) is 0.500. The van der Waals surface area contributed by atoms with Crippen molar-refractivity contribution in [1.29, 1.82) is 5.26 Å². The fourth-order valence-corrected chi connectivity index (χ4v) is 2.82. The highest BCUT2D eigenvalue weighted by Crippen LogP contribution is 2.40. The normalized spacial score (nSPS) is 17.2. The summed E-state index contributed by atoms with van der Waals surface area (Å²) in [6.07, 6.45) is 5.79. The van der Waals surface area contributed by atoms with Crippen LogP contribution >= 0.6 is 0 Å². The SMILES string of the molecule is COC1(c2noc(-c3cc(C#N)cn3C)n2)CCCC1. The molecule has 0 bridgehead atoms. The predicted octanol–water partition coefficient (Wildman–Crippen LogP) is 2.36. The minimum atomic E-state index is -0.412. The third-order valence-corrected chi connectivity index (χ3v) is 3.99. The molecule has 104 valence electrons. The first kappa shape index (κ1) is 12.9. The second-order valence-electron chi connectivity index (χ2n) is 5.17.